The molecule has 3 heterocycles. The van der Waals surface area contributed by atoms with E-state index < -0.39 is 0 Å². The van der Waals surface area contributed by atoms with Crippen molar-refractivity contribution in [3.63, 3.8) is 0 Å². The van der Waals surface area contributed by atoms with Crippen LogP contribution in [0.2, 0.25) is 0 Å². The smallest absolute Gasteiger partial charge is 0.0534 e. The molecule has 2 aliphatic rings. The number of fused-ring (bicyclic) bond motifs is 1. The minimum absolute atomic E-state index is 0.349. The zero-order valence-electron chi connectivity index (χ0n) is 14.2. The summed E-state index contributed by atoms with van der Waals surface area (Å²) < 4.78 is 1.90. The molecule has 2 saturated heterocycles. The highest BCUT2D eigenvalue weighted by Crippen LogP contribution is 2.45. The minimum Gasteiger partial charge on any atom is -0.301 e. The summed E-state index contributed by atoms with van der Waals surface area (Å²) in [5.41, 5.74) is 3.21. The fraction of sp³-hybridized carbons (Fsp3) is 0.526. The first-order valence-corrected chi connectivity index (χ1v) is 8.63. The van der Waals surface area contributed by atoms with Crippen LogP contribution in [0.15, 0.2) is 42.7 Å². The van der Waals surface area contributed by atoms with Crippen molar-refractivity contribution in [3.8, 4) is 0 Å². The Kier molecular flexibility index (Phi) is 3.74. The highest BCUT2D eigenvalue weighted by atomic mass is 15.3. The van der Waals surface area contributed by atoms with Crippen molar-refractivity contribution in [2.75, 3.05) is 26.7 Å². The molecule has 4 nitrogen and oxygen atoms in total. The van der Waals surface area contributed by atoms with Crippen LogP contribution >= 0.6 is 0 Å². The first-order valence-electron chi connectivity index (χ1n) is 8.63. The number of piperidine rings is 1. The van der Waals surface area contributed by atoms with E-state index in [0.29, 0.717) is 11.5 Å². The Labute approximate surface area is 138 Å². The van der Waals surface area contributed by atoms with Crippen LogP contribution in [0.25, 0.3) is 0 Å². The summed E-state index contributed by atoms with van der Waals surface area (Å²) in [6.45, 7) is 4.55. The summed E-state index contributed by atoms with van der Waals surface area (Å²) in [7, 11) is 4.29. The molecule has 2 atom stereocenters. The van der Waals surface area contributed by atoms with Crippen LogP contribution < -0.4 is 0 Å². The molecule has 122 valence electrons. The number of hydrogen-bond donors (Lipinski definition) is 0. The third-order valence-corrected chi connectivity index (χ3v) is 5.90. The van der Waals surface area contributed by atoms with Gasteiger partial charge in [-0.15, -0.1) is 0 Å². The number of benzene rings is 1. The van der Waals surface area contributed by atoms with E-state index in [1.807, 2.05) is 17.9 Å². The summed E-state index contributed by atoms with van der Waals surface area (Å²) in [5, 5.41) is 4.30. The van der Waals surface area contributed by atoms with E-state index in [-0.39, 0.29) is 0 Å². The molecule has 2 fully saturated rings. The van der Waals surface area contributed by atoms with Crippen LogP contribution in [0.5, 0.6) is 0 Å². The van der Waals surface area contributed by atoms with Crippen LogP contribution in [0.4, 0.5) is 0 Å². The third-order valence-electron chi connectivity index (χ3n) is 5.90. The van der Waals surface area contributed by atoms with Gasteiger partial charge in [0.15, 0.2) is 0 Å². The lowest BCUT2D eigenvalue weighted by atomic mass is 9.69. The molecule has 4 rings (SSSR count). The van der Waals surface area contributed by atoms with E-state index in [1.165, 1.54) is 37.1 Å². The van der Waals surface area contributed by atoms with Gasteiger partial charge in [-0.3, -0.25) is 9.58 Å². The van der Waals surface area contributed by atoms with Gasteiger partial charge in [0.05, 0.1) is 6.20 Å². The van der Waals surface area contributed by atoms with E-state index in [2.05, 4.69) is 58.5 Å². The van der Waals surface area contributed by atoms with Crippen molar-refractivity contribution < 1.29 is 0 Å². The summed E-state index contributed by atoms with van der Waals surface area (Å²) in [6.07, 6.45) is 6.68. The van der Waals surface area contributed by atoms with Crippen molar-refractivity contribution in [3.05, 3.63) is 53.9 Å². The normalized spacial score (nSPS) is 28.9. The summed E-state index contributed by atoms with van der Waals surface area (Å²) in [6, 6.07) is 11.8. The molecule has 0 unspecified atom stereocenters. The van der Waals surface area contributed by atoms with Crippen molar-refractivity contribution in [2.45, 2.75) is 30.8 Å². The molecular weight excluding hydrogens is 284 g/mol. The van der Waals surface area contributed by atoms with Gasteiger partial charge in [-0.05, 0) is 38.5 Å². The first-order chi connectivity index (χ1) is 11.2. The molecule has 1 aromatic heterocycles. The maximum Gasteiger partial charge on any atom is 0.0534 e. The van der Waals surface area contributed by atoms with Gasteiger partial charge >= 0.3 is 0 Å². The SMILES string of the molecule is CN1CC[C@@]2(c3ccccc3)CCN(Cc3cnn(C)c3)C[C@H]12. The maximum atomic E-state index is 4.30. The Hall–Kier alpha value is -1.65. The van der Waals surface area contributed by atoms with E-state index in [0.717, 1.165) is 13.1 Å². The Morgan fingerprint density at radius 3 is 2.65 bits per heavy atom. The predicted molar refractivity (Wildman–Crippen MR) is 92.3 cm³/mol. The molecular formula is C19H26N4. The number of aryl methyl sites for hydroxylation is 1. The fourth-order valence-corrected chi connectivity index (χ4v) is 4.63. The second-order valence-corrected chi connectivity index (χ2v) is 7.28. The largest absolute Gasteiger partial charge is 0.301 e. The quantitative estimate of drug-likeness (QED) is 0.869. The van der Waals surface area contributed by atoms with E-state index in [1.54, 1.807) is 0 Å². The van der Waals surface area contributed by atoms with Crippen molar-refractivity contribution in [2.24, 2.45) is 7.05 Å². The van der Waals surface area contributed by atoms with Gasteiger partial charge < -0.3 is 4.90 Å². The molecule has 4 heteroatoms. The van der Waals surface area contributed by atoms with Gasteiger partial charge in [-0.25, -0.2) is 0 Å². The lowest BCUT2D eigenvalue weighted by molar-refractivity contribution is 0.0917. The summed E-state index contributed by atoms with van der Waals surface area (Å²) in [5.74, 6) is 0. The Morgan fingerprint density at radius 2 is 1.91 bits per heavy atom. The molecule has 2 aromatic rings. The van der Waals surface area contributed by atoms with Gasteiger partial charge in [0.1, 0.15) is 0 Å². The lowest BCUT2D eigenvalue weighted by Crippen LogP contribution is -2.54. The zero-order chi connectivity index (χ0) is 15.9. The molecule has 0 aliphatic carbocycles. The lowest BCUT2D eigenvalue weighted by Gasteiger charge is -2.46. The molecule has 0 radical (unpaired) electrons. The maximum absolute atomic E-state index is 4.30. The molecule has 0 saturated carbocycles. The van der Waals surface area contributed by atoms with Crippen molar-refractivity contribution in [1.82, 2.24) is 19.6 Å². The van der Waals surface area contributed by atoms with Gasteiger partial charge in [0.2, 0.25) is 0 Å². The highest BCUT2D eigenvalue weighted by Gasteiger charge is 2.49. The molecule has 2 aliphatic heterocycles. The van der Waals surface area contributed by atoms with E-state index in [9.17, 15) is 0 Å². The second kappa shape index (κ2) is 5.77. The molecule has 23 heavy (non-hydrogen) atoms. The van der Waals surface area contributed by atoms with Crippen molar-refractivity contribution in [1.29, 1.82) is 0 Å². The van der Waals surface area contributed by atoms with Gasteiger partial charge in [-0.1, -0.05) is 30.3 Å². The Bertz CT molecular complexity index is 665. The predicted octanol–water partition coefficient (Wildman–Crippen LogP) is 2.27. The number of hydrogen-bond acceptors (Lipinski definition) is 3. The summed E-state index contributed by atoms with van der Waals surface area (Å²) in [4.78, 5) is 5.17. The molecule has 0 amide bonds. The number of likely N-dealkylation sites (N-methyl/N-ethyl adjacent to an activating group) is 1. The number of rotatable bonds is 3. The third kappa shape index (κ3) is 2.60. The zero-order valence-corrected chi connectivity index (χ0v) is 14.2. The van der Waals surface area contributed by atoms with Crippen LogP contribution in [0.1, 0.15) is 24.0 Å². The van der Waals surface area contributed by atoms with Crippen LogP contribution in [0.3, 0.4) is 0 Å². The number of aromatic nitrogens is 2. The second-order valence-electron chi connectivity index (χ2n) is 7.28. The molecule has 0 spiro atoms. The van der Waals surface area contributed by atoms with Crippen LogP contribution in [0, 0.1) is 0 Å². The van der Waals surface area contributed by atoms with Crippen LogP contribution in [-0.2, 0) is 19.0 Å². The topological polar surface area (TPSA) is 24.3 Å². The molecule has 0 N–H and O–H groups in total. The fourth-order valence-electron chi connectivity index (χ4n) is 4.63. The summed E-state index contributed by atoms with van der Waals surface area (Å²) >= 11 is 0. The number of likely N-dealkylation sites (tertiary alicyclic amines) is 2. The average Bonchev–Trinajstić information content (AvgIpc) is 3.13. The van der Waals surface area contributed by atoms with E-state index >= 15 is 0 Å². The van der Waals surface area contributed by atoms with E-state index in [4.69, 9.17) is 0 Å². The monoisotopic (exact) mass is 310 g/mol. The average molecular weight is 310 g/mol. The first kappa shape index (κ1) is 14.9. The minimum atomic E-state index is 0.349. The highest BCUT2D eigenvalue weighted by molar-refractivity contribution is 5.31. The van der Waals surface area contributed by atoms with Gasteiger partial charge in [-0.2, -0.15) is 5.10 Å². The van der Waals surface area contributed by atoms with Gasteiger partial charge in [0.25, 0.3) is 0 Å². The van der Waals surface area contributed by atoms with Gasteiger partial charge in [0, 0.05) is 43.4 Å². The Morgan fingerprint density at radius 1 is 1.13 bits per heavy atom. The molecule has 1 aromatic carbocycles. The Balaban J connectivity index is 1.55. The standard InChI is InChI=1S/C19H26N4/c1-21-10-8-19(17-6-4-3-5-7-17)9-11-23(15-18(19)21)14-16-12-20-22(2)13-16/h3-7,12-13,18H,8-11,14-15H2,1-2H3/t18-,19-/m0/s1. The number of nitrogens with zero attached hydrogens (tertiary/aromatic N) is 4. The molecule has 0 bridgehead atoms. The van der Waals surface area contributed by atoms with Crippen LogP contribution in [-0.4, -0.2) is 52.3 Å². The van der Waals surface area contributed by atoms with Crippen molar-refractivity contribution >= 4 is 0 Å².